The van der Waals surface area contributed by atoms with Crippen LogP contribution < -0.4 is 5.32 Å². The lowest BCUT2D eigenvalue weighted by Crippen LogP contribution is -2.44. The average molecular weight is 285 g/mol. The number of rotatable bonds is 6. The van der Waals surface area contributed by atoms with Gasteiger partial charge in [-0.3, -0.25) is 9.69 Å². The molecule has 2 heterocycles. The number of nitrogens with zero attached hydrogens (tertiary/aromatic N) is 2. The smallest absolute Gasteiger partial charge is 0.234 e. The highest BCUT2D eigenvalue weighted by Crippen LogP contribution is 2.09. The molecular weight excluding hydrogens is 258 g/mol. The number of morpholine rings is 1. The maximum absolute atomic E-state index is 11.8. The largest absolute Gasteiger partial charge is 0.392 e. The minimum Gasteiger partial charge on any atom is -0.392 e. The van der Waals surface area contributed by atoms with Gasteiger partial charge in [-0.15, -0.1) is 0 Å². The van der Waals surface area contributed by atoms with Crippen LogP contribution in [0.25, 0.3) is 0 Å². The van der Waals surface area contributed by atoms with Crippen LogP contribution in [0.1, 0.15) is 19.3 Å². The molecule has 2 N–H and O–H groups in total. The van der Waals surface area contributed by atoms with Gasteiger partial charge in [-0.25, -0.2) is 0 Å². The molecule has 2 aliphatic rings. The summed E-state index contributed by atoms with van der Waals surface area (Å²) in [6.07, 6.45) is 2.78. The molecule has 2 saturated heterocycles. The van der Waals surface area contributed by atoms with Gasteiger partial charge in [0, 0.05) is 26.2 Å². The Morgan fingerprint density at radius 2 is 2.05 bits per heavy atom. The van der Waals surface area contributed by atoms with Crippen molar-refractivity contribution in [2.24, 2.45) is 0 Å². The van der Waals surface area contributed by atoms with E-state index in [-0.39, 0.29) is 12.0 Å². The van der Waals surface area contributed by atoms with E-state index < -0.39 is 0 Å². The lowest BCUT2D eigenvalue weighted by molar-refractivity contribution is -0.123. The third kappa shape index (κ3) is 5.75. The normalized spacial score (nSPS) is 25.6. The van der Waals surface area contributed by atoms with E-state index in [9.17, 15) is 9.90 Å². The second-order valence-electron chi connectivity index (χ2n) is 5.69. The van der Waals surface area contributed by atoms with Crippen molar-refractivity contribution in [3.05, 3.63) is 0 Å². The van der Waals surface area contributed by atoms with Crippen molar-refractivity contribution in [3.8, 4) is 0 Å². The van der Waals surface area contributed by atoms with Crippen molar-refractivity contribution < 1.29 is 14.6 Å². The van der Waals surface area contributed by atoms with Gasteiger partial charge in [0.1, 0.15) is 0 Å². The van der Waals surface area contributed by atoms with Crippen molar-refractivity contribution in [2.45, 2.75) is 25.4 Å². The molecule has 0 aromatic carbocycles. The Bertz CT molecular complexity index is 295. The first kappa shape index (κ1) is 15.7. The Morgan fingerprint density at radius 3 is 2.80 bits per heavy atom. The van der Waals surface area contributed by atoms with Crippen molar-refractivity contribution in [1.82, 2.24) is 15.1 Å². The number of aliphatic hydroxyl groups is 1. The van der Waals surface area contributed by atoms with Crippen molar-refractivity contribution in [3.63, 3.8) is 0 Å². The Hall–Kier alpha value is -0.690. The second kappa shape index (κ2) is 8.56. The molecule has 0 saturated carbocycles. The summed E-state index contributed by atoms with van der Waals surface area (Å²) < 4.78 is 5.26. The van der Waals surface area contributed by atoms with Crippen LogP contribution in [0.5, 0.6) is 0 Å². The molecule has 1 atom stereocenters. The van der Waals surface area contributed by atoms with Crippen LogP contribution in [0.4, 0.5) is 0 Å². The first-order chi connectivity index (χ1) is 9.74. The summed E-state index contributed by atoms with van der Waals surface area (Å²) in [5, 5.41) is 12.5. The topological polar surface area (TPSA) is 65.0 Å². The van der Waals surface area contributed by atoms with E-state index >= 15 is 0 Å². The van der Waals surface area contributed by atoms with E-state index in [1.807, 2.05) is 0 Å². The van der Waals surface area contributed by atoms with E-state index in [1.54, 1.807) is 0 Å². The molecular formula is C14H27N3O3. The Morgan fingerprint density at radius 1 is 1.25 bits per heavy atom. The Labute approximate surface area is 121 Å². The molecule has 0 aromatic heterocycles. The van der Waals surface area contributed by atoms with Gasteiger partial charge in [-0.05, 0) is 32.4 Å². The molecule has 0 spiro atoms. The van der Waals surface area contributed by atoms with Gasteiger partial charge in [0.25, 0.3) is 0 Å². The number of hydrogen-bond acceptors (Lipinski definition) is 5. The van der Waals surface area contributed by atoms with E-state index in [0.29, 0.717) is 6.54 Å². The molecule has 2 rings (SSSR count). The van der Waals surface area contributed by atoms with Gasteiger partial charge in [0.15, 0.2) is 0 Å². The van der Waals surface area contributed by atoms with Crippen molar-refractivity contribution in [1.29, 1.82) is 0 Å². The van der Waals surface area contributed by atoms with Gasteiger partial charge in [-0.2, -0.15) is 0 Å². The van der Waals surface area contributed by atoms with E-state index in [0.717, 1.165) is 71.7 Å². The fourth-order valence-electron chi connectivity index (χ4n) is 2.78. The minimum absolute atomic E-state index is 0.102. The molecule has 1 unspecified atom stereocenters. The van der Waals surface area contributed by atoms with Gasteiger partial charge < -0.3 is 20.1 Å². The Balaban J connectivity index is 1.50. The molecule has 0 aromatic rings. The van der Waals surface area contributed by atoms with E-state index in [1.165, 1.54) is 0 Å². The SMILES string of the molecule is O=C(CN1CCOCC1)NCCCN1CCCC(O)C1. The predicted molar refractivity (Wildman–Crippen MR) is 76.6 cm³/mol. The van der Waals surface area contributed by atoms with Gasteiger partial charge in [-0.1, -0.05) is 0 Å². The number of aliphatic hydroxyl groups excluding tert-OH is 1. The van der Waals surface area contributed by atoms with Gasteiger partial charge in [0.2, 0.25) is 5.91 Å². The van der Waals surface area contributed by atoms with Gasteiger partial charge >= 0.3 is 0 Å². The number of hydrogen-bond donors (Lipinski definition) is 2. The average Bonchev–Trinajstić information content (AvgIpc) is 2.45. The predicted octanol–water partition coefficient (Wildman–Crippen LogP) is -0.718. The third-order valence-corrected chi connectivity index (χ3v) is 3.92. The zero-order valence-corrected chi connectivity index (χ0v) is 12.2. The Kier molecular flexibility index (Phi) is 6.72. The third-order valence-electron chi connectivity index (χ3n) is 3.92. The molecule has 0 bridgehead atoms. The number of nitrogens with one attached hydrogen (secondary N) is 1. The lowest BCUT2D eigenvalue weighted by atomic mass is 10.1. The summed E-state index contributed by atoms with van der Waals surface area (Å²) in [6.45, 7) is 7.14. The molecule has 2 aliphatic heterocycles. The molecule has 0 aliphatic carbocycles. The van der Waals surface area contributed by atoms with Crippen LogP contribution in [0, 0.1) is 0 Å². The van der Waals surface area contributed by atoms with E-state index in [2.05, 4.69) is 15.1 Å². The summed E-state index contributed by atoms with van der Waals surface area (Å²) in [6, 6.07) is 0. The van der Waals surface area contributed by atoms with Crippen LogP contribution in [-0.2, 0) is 9.53 Å². The zero-order valence-electron chi connectivity index (χ0n) is 12.2. The van der Waals surface area contributed by atoms with Crippen LogP contribution in [0.3, 0.4) is 0 Å². The molecule has 6 heteroatoms. The number of carbonyl (C=O) groups is 1. The minimum atomic E-state index is -0.167. The summed E-state index contributed by atoms with van der Waals surface area (Å²) in [4.78, 5) is 16.2. The van der Waals surface area contributed by atoms with Crippen LogP contribution in [0.15, 0.2) is 0 Å². The standard InChI is InChI=1S/C14H27N3O3/c18-13-3-1-5-16(11-13)6-2-4-15-14(19)12-17-7-9-20-10-8-17/h13,18H,1-12H2,(H,15,19). The molecule has 6 nitrogen and oxygen atoms in total. The fourth-order valence-corrected chi connectivity index (χ4v) is 2.78. The van der Waals surface area contributed by atoms with Crippen LogP contribution in [0.2, 0.25) is 0 Å². The number of piperidine rings is 1. The summed E-state index contributed by atoms with van der Waals surface area (Å²) >= 11 is 0. The van der Waals surface area contributed by atoms with Crippen molar-refractivity contribution in [2.75, 3.05) is 59.0 Å². The molecule has 116 valence electrons. The highest BCUT2D eigenvalue weighted by Gasteiger charge is 2.17. The lowest BCUT2D eigenvalue weighted by Gasteiger charge is -2.30. The number of likely N-dealkylation sites (tertiary alicyclic amines) is 1. The molecule has 0 radical (unpaired) electrons. The maximum atomic E-state index is 11.8. The van der Waals surface area contributed by atoms with Crippen molar-refractivity contribution >= 4 is 5.91 Å². The summed E-state index contributed by atoms with van der Waals surface area (Å²) in [5.41, 5.74) is 0. The molecule has 1 amide bonds. The number of ether oxygens (including phenoxy) is 1. The number of carbonyl (C=O) groups excluding carboxylic acids is 1. The number of β-amino-alcohol motifs (C(OH)–C–C–N with tert-alkyl or cyclic N) is 1. The maximum Gasteiger partial charge on any atom is 0.234 e. The first-order valence-electron chi connectivity index (χ1n) is 7.71. The highest BCUT2D eigenvalue weighted by molar-refractivity contribution is 5.77. The fraction of sp³-hybridized carbons (Fsp3) is 0.929. The highest BCUT2D eigenvalue weighted by atomic mass is 16.5. The monoisotopic (exact) mass is 285 g/mol. The first-order valence-corrected chi connectivity index (χ1v) is 7.71. The molecule has 2 fully saturated rings. The number of amides is 1. The van der Waals surface area contributed by atoms with Gasteiger partial charge in [0.05, 0.1) is 25.9 Å². The van der Waals surface area contributed by atoms with Crippen LogP contribution in [-0.4, -0.2) is 85.9 Å². The van der Waals surface area contributed by atoms with E-state index in [4.69, 9.17) is 4.74 Å². The van der Waals surface area contributed by atoms with Crippen LogP contribution >= 0.6 is 0 Å². The molecule has 20 heavy (non-hydrogen) atoms. The quantitative estimate of drug-likeness (QED) is 0.631. The second-order valence-corrected chi connectivity index (χ2v) is 5.69. The zero-order chi connectivity index (χ0) is 14.2. The summed E-state index contributed by atoms with van der Waals surface area (Å²) in [7, 11) is 0. The summed E-state index contributed by atoms with van der Waals surface area (Å²) in [5.74, 6) is 0.102.